The lowest BCUT2D eigenvalue weighted by Crippen LogP contribution is -2.36. The fraction of sp³-hybridized carbons (Fsp3) is 0.250. The maximum absolute atomic E-state index is 12.6. The van der Waals surface area contributed by atoms with E-state index in [1.165, 1.54) is 23.3 Å². The number of hydrogen-bond donors (Lipinski definition) is 0. The zero-order chi connectivity index (χ0) is 18.8. The molecule has 3 aromatic rings. The van der Waals surface area contributed by atoms with Gasteiger partial charge in [-0.05, 0) is 35.1 Å². The Hall–Kier alpha value is -2.22. The molecule has 27 heavy (non-hydrogen) atoms. The van der Waals surface area contributed by atoms with E-state index >= 15 is 0 Å². The Kier molecular flexibility index (Phi) is 5.24. The van der Waals surface area contributed by atoms with Gasteiger partial charge in [0.25, 0.3) is 0 Å². The molecule has 0 amide bonds. The first kappa shape index (κ1) is 18.2. The maximum Gasteiger partial charge on any atom is 0.204 e. The van der Waals surface area contributed by atoms with Crippen LogP contribution in [0.4, 0.5) is 11.6 Å². The van der Waals surface area contributed by atoms with Crippen molar-refractivity contribution in [1.82, 2.24) is 0 Å². The Morgan fingerprint density at radius 1 is 1.30 bits per heavy atom. The largest absolute Gasteiger partial charge is 0.439 e. The van der Waals surface area contributed by atoms with Gasteiger partial charge in [0.2, 0.25) is 5.43 Å². The molecule has 0 atom stereocenters. The number of ether oxygens (including phenoxy) is 1. The normalized spacial score (nSPS) is 14.5. The van der Waals surface area contributed by atoms with Crippen molar-refractivity contribution in [3.8, 4) is 11.1 Å². The average molecular weight is 401 g/mol. The average Bonchev–Trinajstić information content (AvgIpc) is 3.13. The van der Waals surface area contributed by atoms with E-state index in [-0.39, 0.29) is 5.43 Å². The van der Waals surface area contributed by atoms with Gasteiger partial charge in [0.1, 0.15) is 4.70 Å². The molecule has 0 unspecified atom stereocenters. The molecule has 0 aliphatic carbocycles. The molecular formula is C20H20N2O3S2. The standard InChI is InChI=1S/C20H20N2O3S2/c1-3-27-21(2)15-6-4-5-14(11-15)16-13-26-20-17(23)12-18(25-19(16)20)22-7-9-24-10-8-22/h3-6,11-13H,1,7-10H2,2H3. The number of hydrogen-bond acceptors (Lipinski definition) is 7. The van der Waals surface area contributed by atoms with Crippen LogP contribution < -0.4 is 14.6 Å². The number of benzene rings is 1. The van der Waals surface area contributed by atoms with Gasteiger partial charge in [-0.1, -0.05) is 18.7 Å². The Bertz CT molecular complexity index is 1020. The summed E-state index contributed by atoms with van der Waals surface area (Å²) in [7, 11) is 1.99. The van der Waals surface area contributed by atoms with Crippen molar-refractivity contribution in [1.29, 1.82) is 0 Å². The van der Waals surface area contributed by atoms with Crippen LogP contribution in [0.2, 0.25) is 0 Å². The summed E-state index contributed by atoms with van der Waals surface area (Å²) in [6.45, 7) is 6.51. The van der Waals surface area contributed by atoms with Crippen LogP contribution in [0.3, 0.4) is 0 Å². The second-order valence-corrected chi connectivity index (χ2v) is 8.15. The fourth-order valence-corrected chi connectivity index (χ4v) is 4.48. The number of nitrogens with zero attached hydrogens (tertiary/aromatic N) is 2. The van der Waals surface area contributed by atoms with Crippen LogP contribution in [-0.2, 0) is 4.74 Å². The van der Waals surface area contributed by atoms with E-state index in [2.05, 4.69) is 17.5 Å². The Labute approximate surface area is 166 Å². The molecule has 0 spiro atoms. The van der Waals surface area contributed by atoms with Crippen LogP contribution in [0.25, 0.3) is 21.4 Å². The van der Waals surface area contributed by atoms with Gasteiger partial charge >= 0.3 is 0 Å². The maximum atomic E-state index is 12.6. The van der Waals surface area contributed by atoms with Gasteiger partial charge in [0.15, 0.2) is 11.5 Å². The Morgan fingerprint density at radius 2 is 2.11 bits per heavy atom. The molecule has 0 radical (unpaired) electrons. The van der Waals surface area contributed by atoms with E-state index in [0.717, 1.165) is 29.9 Å². The Morgan fingerprint density at radius 3 is 2.89 bits per heavy atom. The summed E-state index contributed by atoms with van der Waals surface area (Å²) in [5.74, 6) is 0.617. The molecule has 2 aromatic heterocycles. The lowest BCUT2D eigenvalue weighted by atomic mass is 10.1. The summed E-state index contributed by atoms with van der Waals surface area (Å²) >= 11 is 2.96. The number of fused-ring (bicyclic) bond motifs is 1. The highest BCUT2D eigenvalue weighted by Gasteiger charge is 2.18. The summed E-state index contributed by atoms with van der Waals surface area (Å²) in [5, 5.41) is 3.79. The summed E-state index contributed by atoms with van der Waals surface area (Å²) in [4.78, 5) is 14.7. The molecule has 140 valence electrons. The quantitative estimate of drug-likeness (QED) is 0.584. The number of anilines is 2. The van der Waals surface area contributed by atoms with E-state index in [1.54, 1.807) is 11.5 Å². The first-order valence-electron chi connectivity index (χ1n) is 8.67. The van der Waals surface area contributed by atoms with Crippen molar-refractivity contribution in [2.75, 3.05) is 42.6 Å². The summed E-state index contributed by atoms with van der Waals surface area (Å²) in [6, 6.07) is 9.79. The molecule has 0 N–H and O–H groups in total. The smallest absolute Gasteiger partial charge is 0.204 e. The minimum absolute atomic E-state index is 0.00415. The van der Waals surface area contributed by atoms with Crippen molar-refractivity contribution in [3.05, 3.63) is 57.9 Å². The molecule has 7 heteroatoms. The van der Waals surface area contributed by atoms with Crippen molar-refractivity contribution < 1.29 is 9.15 Å². The van der Waals surface area contributed by atoms with E-state index < -0.39 is 0 Å². The van der Waals surface area contributed by atoms with Crippen molar-refractivity contribution >= 4 is 45.1 Å². The number of rotatable bonds is 5. The molecular weight excluding hydrogens is 380 g/mol. The van der Waals surface area contributed by atoms with Crippen LogP contribution in [0, 0.1) is 0 Å². The SMILES string of the molecule is C=CSN(C)c1cccc(-c2csc3c(=O)cc(N4CCOCC4)oc23)c1. The molecule has 0 saturated carbocycles. The molecule has 1 aliphatic rings. The third-order valence-electron chi connectivity index (χ3n) is 4.51. The molecule has 1 fully saturated rings. The van der Waals surface area contributed by atoms with Gasteiger partial charge in [-0.3, -0.25) is 4.79 Å². The van der Waals surface area contributed by atoms with Crippen LogP contribution in [0.15, 0.2) is 56.9 Å². The topological polar surface area (TPSA) is 45.9 Å². The highest BCUT2D eigenvalue weighted by molar-refractivity contribution is 8.03. The predicted molar refractivity (Wildman–Crippen MR) is 115 cm³/mol. The highest BCUT2D eigenvalue weighted by atomic mass is 32.2. The molecule has 1 aliphatic heterocycles. The van der Waals surface area contributed by atoms with Crippen LogP contribution in [-0.4, -0.2) is 33.4 Å². The van der Waals surface area contributed by atoms with Gasteiger partial charge in [0.05, 0.1) is 13.2 Å². The Balaban J connectivity index is 1.78. The van der Waals surface area contributed by atoms with Gasteiger partial charge < -0.3 is 18.4 Å². The monoisotopic (exact) mass is 400 g/mol. The van der Waals surface area contributed by atoms with Crippen molar-refractivity contribution in [3.63, 3.8) is 0 Å². The second kappa shape index (κ2) is 7.80. The van der Waals surface area contributed by atoms with Gasteiger partial charge in [-0.2, -0.15) is 0 Å². The van der Waals surface area contributed by atoms with Gasteiger partial charge in [0, 0.05) is 42.8 Å². The molecule has 1 aromatic carbocycles. The second-order valence-electron chi connectivity index (χ2n) is 6.18. The first-order chi connectivity index (χ1) is 13.2. The third-order valence-corrected chi connectivity index (χ3v) is 6.16. The van der Waals surface area contributed by atoms with E-state index in [9.17, 15) is 4.79 Å². The van der Waals surface area contributed by atoms with E-state index in [0.29, 0.717) is 29.4 Å². The zero-order valence-electron chi connectivity index (χ0n) is 15.0. The third kappa shape index (κ3) is 3.63. The fourth-order valence-electron chi connectivity index (χ4n) is 3.11. The van der Waals surface area contributed by atoms with Gasteiger partial charge in [-0.15, -0.1) is 11.3 Å². The molecule has 1 saturated heterocycles. The zero-order valence-corrected chi connectivity index (χ0v) is 16.6. The minimum atomic E-state index is 0.00415. The lowest BCUT2D eigenvalue weighted by molar-refractivity contribution is 0.121. The number of morpholine rings is 1. The summed E-state index contributed by atoms with van der Waals surface area (Å²) < 4.78 is 14.3. The van der Waals surface area contributed by atoms with Gasteiger partial charge in [-0.25, -0.2) is 0 Å². The van der Waals surface area contributed by atoms with Crippen LogP contribution >= 0.6 is 23.3 Å². The molecule has 3 heterocycles. The van der Waals surface area contributed by atoms with E-state index in [4.69, 9.17) is 9.15 Å². The number of thiophene rings is 1. The molecule has 5 nitrogen and oxygen atoms in total. The molecule has 0 bridgehead atoms. The summed E-state index contributed by atoms with van der Waals surface area (Å²) in [5.41, 5.74) is 3.69. The minimum Gasteiger partial charge on any atom is -0.439 e. The lowest BCUT2D eigenvalue weighted by Gasteiger charge is -2.27. The highest BCUT2D eigenvalue weighted by Crippen LogP contribution is 2.36. The predicted octanol–water partition coefficient (Wildman–Crippen LogP) is 4.59. The van der Waals surface area contributed by atoms with Crippen molar-refractivity contribution in [2.45, 2.75) is 0 Å². The van der Waals surface area contributed by atoms with Crippen LogP contribution in [0.1, 0.15) is 0 Å². The molecule has 4 rings (SSSR count). The first-order valence-corrected chi connectivity index (χ1v) is 10.4. The van der Waals surface area contributed by atoms with E-state index in [1.807, 2.05) is 34.9 Å². The van der Waals surface area contributed by atoms with Crippen molar-refractivity contribution in [2.24, 2.45) is 0 Å². The summed E-state index contributed by atoms with van der Waals surface area (Å²) in [6.07, 6.45) is 0. The van der Waals surface area contributed by atoms with Crippen LogP contribution in [0.5, 0.6) is 0 Å².